The minimum Gasteiger partial charge on any atom is -0.497 e. The fourth-order valence-corrected chi connectivity index (χ4v) is 5.43. The number of carbonyl (C=O) groups is 1. The van der Waals surface area contributed by atoms with Crippen molar-refractivity contribution in [3.63, 3.8) is 0 Å². The van der Waals surface area contributed by atoms with Crippen LogP contribution in [-0.4, -0.2) is 55.5 Å². The number of amides is 1. The van der Waals surface area contributed by atoms with Crippen molar-refractivity contribution in [2.24, 2.45) is 0 Å². The van der Waals surface area contributed by atoms with Gasteiger partial charge in [-0.2, -0.15) is 0 Å². The van der Waals surface area contributed by atoms with Gasteiger partial charge < -0.3 is 15.0 Å². The van der Waals surface area contributed by atoms with Crippen LogP contribution in [0.3, 0.4) is 0 Å². The number of aryl methyl sites for hydroxylation is 1. The summed E-state index contributed by atoms with van der Waals surface area (Å²) in [6.45, 7) is 9.57. The van der Waals surface area contributed by atoms with Gasteiger partial charge in [-0.25, -0.2) is 0 Å². The maximum absolute atomic E-state index is 13.0. The van der Waals surface area contributed by atoms with Crippen LogP contribution >= 0.6 is 11.3 Å². The van der Waals surface area contributed by atoms with E-state index in [2.05, 4.69) is 47.2 Å². The van der Waals surface area contributed by atoms with Gasteiger partial charge in [0.2, 0.25) is 0 Å². The summed E-state index contributed by atoms with van der Waals surface area (Å²) >= 11 is 1.69. The molecular weight excluding hydrogens is 430 g/mol. The number of nitrogens with one attached hydrogen (secondary N) is 1. The van der Waals surface area contributed by atoms with E-state index in [1.54, 1.807) is 18.4 Å². The van der Waals surface area contributed by atoms with Crippen LogP contribution in [0.5, 0.6) is 5.75 Å². The summed E-state index contributed by atoms with van der Waals surface area (Å²) in [6.07, 6.45) is 0.942. The van der Waals surface area contributed by atoms with Crippen LogP contribution in [0.4, 0.5) is 5.00 Å². The van der Waals surface area contributed by atoms with Gasteiger partial charge in [0.1, 0.15) is 10.8 Å². The third-order valence-electron chi connectivity index (χ3n) is 6.37. The molecule has 5 nitrogen and oxygen atoms in total. The Kier molecular flexibility index (Phi) is 7.81. The molecule has 1 fully saturated rings. The standard InChI is InChI=1S/C27H33N3O2S/c1-4-23-19-24(27(33-23)28-26(31)21-9-7-6-8-10-21)25(20-11-13-22(32-3)14-12-20)30-17-15-29(5-2)16-18-30/h6-14,19,25H,4-5,15-18H2,1-3H3,(H,28,31). The average molecular weight is 464 g/mol. The van der Waals surface area contributed by atoms with Crippen molar-refractivity contribution in [3.8, 4) is 5.75 Å². The fourth-order valence-electron chi connectivity index (χ4n) is 4.41. The lowest BCUT2D eigenvalue weighted by atomic mass is 9.97. The van der Waals surface area contributed by atoms with E-state index < -0.39 is 0 Å². The number of nitrogens with zero attached hydrogens (tertiary/aromatic N) is 2. The molecule has 4 rings (SSSR count). The number of likely N-dealkylation sites (N-methyl/N-ethyl adjacent to an activating group) is 1. The number of ether oxygens (including phenoxy) is 1. The second-order valence-electron chi connectivity index (χ2n) is 8.32. The number of hydrogen-bond donors (Lipinski definition) is 1. The molecule has 0 bridgehead atoms. The van der Waals surface area contributed by atoms with E-state index in [1.165, 1.54) is 16.0 Å². The third-order valence-corrected chi connectivity index (χ3v) is 7.58. The molecule has 174 valence electrons. The van der Waals surface area contributed by atoms with Gasteiger partial charge in [-0.1, -0.05) is 44.2 Å². The Morgan fingerprint density at radius 3 is 2.33 bits per heavy atom. The van der Waals surface area contributed by atoms with Crippen molar-refractivity contribution in [2.75, 3.05) is 45.2 Å². The summed E-state index contributed by atoms with van der Waals surface area (Å²) in [7, 11) is 1.69. The first-order valence-corrected chi connectivity index (χ1v) is 12.5. The summed E-state index contributed by atoms with van der Waals surface area (Å²) in [5.74, 6) is 0.788. The van der Waals surface area contributed by atoms with Crippen LogP contribution in [0.25, 0.3) is 0 Å². The molecule has 1 aromatic heterocycles. The van der Waals surface area contributed by atoms with Crippen LogP contribution in [0.15, 0.2) is 60.7 Å². The summed E-state index contributed by atoms with van der Waals surface area (Å²) in [5, 5.41) is 4.18. The van der Waals surface area contributed by atoms with Crippen LogP contribution < -0.4 is 10.1 Å². The van der Waals surface area contributed by atoms with E-state index >= 15 is 0 Å². The lowest BCUT2D eigenvalue weighted by Gasteiger charge is -2.39. The van der Waals surface area contributed by atoms with Crippen molar-refractivity contribution >= 4 is 22.2 Å². The highest BCUT2D eigenvalue weighted by atomic mass is 32.1. The summed E-state index contributed by atoms with van der Waals surface area (Å²) < 4.78 is 5.40. The average Bonchev–Trinajstić information content (AvgIpc) is 3.27. The lowest BCUT2D eigenvalue weighted by molar-refractivity contribution is 0.102. The van der Waals surface area contributed by atoms with Gasteiger partial charge in [0.25, 0.3) is 5.91 Å². The SMILES string of the molecule is CCc1cc(C(c2ccc(OC)cc2)N2CCN(CC)CC2)c(NC(=O)c2ccccc2)s1. The van der Waals surface area contributed by atoms with Crippen LogP contribution in [0.2, 0.25) is 0 Å². The monoisotopic (exact) mass is 463 g/mol. The highest BCUT2D eigenvalue weighted by molar-refractivity contribution is 7.16. The zero-order chi connectivity index (χ0) is 23.2. The number of methoxy groups -OCH3 is 1. The van der Waals surface area contributed by atoms with Gasteiger partial charge in [-0.15, -0.1) is 11.3 Å². The summed E-state index contributed by atoms with van der Waals surface area (Å²) in [6, 6.07) is 20.2. The van der Waals surface area contributed by atoms with Gasteiger partial charge >= 0.3 is 0 Å². The van der Waals surface area contributed by atoms with Crippen LogP contribution in [0, 0.1) is 0 Å². The molecule has 1 saturated heterocycles. The van der Waals surface area contributed by atoms with Crippen molar-refractivity contribution in [2.45, 2.75) is 26.3 Å². The minimum absolute atomic E-state index is 0.0642. The Bertz CT molecular complexity index is 1040. The van der Waals surface area contributed by atoms with Gasteiger partial charge in [0.05, 0.1) is 13.2 Å². The molecule has 1 unspecified atom stereocenters. The van der Waals surface area contributed by atoms with E-state index in [0.29, 0.717) is 5.56 Å². The normalized spacial score (nSPS) is 15.8. The van der Waals surface area contributed by atoms with Crippen LogP contribution in [0.1, 0.15) is 46.3 Å². The number of anilines is 1. The van der Waals surface area contributed by atoms with E-state index in [1.807, 2.05) is 42.5 Å². The maximum atomic E-state index is 13.0. The number of hydrogen-bond acceptors (Lipinski definition) is 5. The predicted octanol–water partition coefficient (Wildman–Crippen LogP) is 5.30. The largest absolute Gasteiger partial charge is 0.497 e. The topological polar surface area (TPSA) is 44.8 Å². The number of thiophene rings is 1. The highest BCUT2D eigenvalue weighted by Gasteiger charge is 2.29. The van der Waals surface area contributed by atoms with E-state index in [-0.39, 0.29) is 11.9 Å². The van der Waals surface area contributed by atoms with Gasteiger partial charge in [-0.3, -0.25) is 9.69 Å². The Morgan fingerprint density at radius 1 is 1.03 bits per heavy atom. The second-order valence-corrected chi connectivity index (χ2v) is 9.45. The molecule has 2 heterocycles. The number of piperazine rings is 1. The summed E-state index contributed by atoms with van der Waals surface area (Å²) in [5.41, 5.74) is 3.07. The Morgan fingerprint density at radius 2 is 1.73 bits per heavy atom. The first-order valence-electron chi connectivity index (χ1n) is 11.7. The predicted molar refractivity (Wildman–Crippen MR) is 137 cm³/mol. The zero-order valence-corrected chi connectivity index (χ0v) is 20.5. The number of carbonyl (C=O) groups excluding carboxylic acids is 1. The first kappa shape index (κ1) is 23.5. The second kappa shape index (κ2) is 11.0. The highest BCUT2D eigenvalue weighted by Crippen LogP contribution is 2.40. The molecule has 1 N–H and O–H groups in total. The molecule has 1 aliphatic heterocycles. The molecule has 1 aliphatic rings. The van der Waals surface area contributed by atoms with Gasteiger partial charge in [-0.05, 0) is 48.9 Å². The van der Waals surface area contributed by atoms with E-state index in [0.717, 1.165) is 49.9 Å². The molecule has 0 aliphatic carbocycles. The van der Waals surface area contributed by atoms with Gasteiger partial charge in [0, 0.05) is 42.2 Å². The van der Waals surface area contributed by atoms with Crippen molar-refractivity contribution in [1.29, 1.82) is 0 Å². The molecule has 1 atom stereocenters. The Hall–Kier alpha value is -2.67. The first-order chi connectivity index (χ1) is 16.1. The van der Waals surface area contributed by atoms with E-state index in [4.69, 9.17) is 4.74 Å². The third kappa shape index (κ3) is 5.46. The van der Waals surface area contributed by atoms with Crippen molar-refractivity contribution in [3.05, 3.63) is 82.2 Å². The molecular formula is C27H33N3O2S. The van der Waals surface area contributed by atoms with E-state index in [9.17, 15) is 4.79 Å². The molecule has 6 heteroatoms. The molecule has 2 aromatic carbocycles. The smallest absolute Gasteiger partial charge is 0.256 e. The molecule has 1 amide bonds. The maximum Gasteiger partial charge on any atom is 0.256 e. The zero-order valence-electron chi connectivity index (χ0n) is 19.7. The Balaban J connectivity index is 1.71. The number of rotatable bonds is 8. The fraction of sp³-hybridized carbons (Fsp3) is 0.370. The molecule has 3 aromatic rings. The van der Waals surface area contributed by atoms with Gasteiger partial charge in [0.15, 0.2) is 0 Å². The lowest BCUT2D eigenvalue weighted by Crippen LogP contribution is -2.47. The molecule has 0 spiro atoms. The quantitative estimate of drug-likeness (QED) is 0.492. The van der Waals surface area contributed by atoms with Crippen molar-refractivity contribution < 1.29 is 9.53 Å². The number of benzene rings is 2. The minimum atomic E-state index is -0.0642. The summed E-state index contributed by atoms with van der Waals surface area (Å²) in [4.78, 5) is 19.3. The molecule has 33 heavy (non-hydrogen) atoms. The molecule has 0 radical (unpaired) electrons. The molecule has 0 saturated carbocycles. The Labute approximate surface area is 201 Å². The van der Waals surface area contributed by atoms with Crippen molar-refractivity contribution in [1.82, 2.24) is 9.80 Å². The van der Waals surface area contributed by atoms with Crippen LogP contribution in [-0.2, 0) is 6.42 Å².